The molecule has 2 unspecified atom stereocenters. The molecule has 20 heavy (non-hydrogen) atoms. The molecule has 0 aromatic heterocycles. The molecule has 1 N–H and O–H groups in total. The summed E-state index contributed by atoms with van der Waals surface area (Å²) in [6.45, 7) is 2.03. The maximum Gasteiger partial charge on any atom is 0.138 e. The van der Waals surface area contributed by atoms with E-state index >= 15 is 0 Å². The average molecular weight is 288 g/mol. The predicted molar refractivity (Wildman–Crippen MR) is 82.6 cm³/mol. The molecule has 0 amide bonds. The van der Waals surface area contributed by atoms with E-state index in [2.05, 4.69) is 29.6 Å². The van der Waals surface area contributed by atoms with E-state index in [9.17, 15) is 0 Å². The second-order valence-electron chi connectivity index (χ2n) is 5.26. The van der Waals surface area contributed by atoms with Crippen molar-refractivity contribution < 1.29 is 4.74 Å². The summed E-state index contributed by atoms with van der Waals surface area (Å²) in [7, 11) is 1.97. The standard InChI is InChI=1S/C17H18ClNO/c1-11-7-8-15(14(18)9-11)20-16-10-12-5-3-4-6-13(12)17(16)19-2/h3-9,16-17,19H,10H2,1-2H3. The molecule has 2 aromatic rings. The first-order valence-corrected chi connectivity index (χ1v) is 7.24. The molecule has 0 bridgehead atoms. The van der Waals surface area contributed by atoms with Gasteiger partial charge in [0.1, 0.15) is 11.9 Å². The van der Waals surface area contributed by atoms with Crippen molar-refractivity contribution in [1.29, 1.82) is 0 Å². The number of benzene rings is 2. The van der Waals surface area contributed by atoms with Crippen LogP contribution in [-0.2, 0) is 6.42 Å². The molecule has 0 aliphatic heterocycles. The Labute approximate surface area is 124 Å². The molecule has 0 fully saturated rings. The van der Waals surface area contributed by atoms with Crippen molar-refractivity contribution in [2.75, 3.05) is 7.05 Å². The second-order valence-corrected chi connectivity index (χ2v) is 5.67. The van der Waals surface area contributed by atoms with E-state index in [1.54, 1.807) is 0 Å². The fourth-order valence-corrected chi connectivity index (χ4v) is 3.15. The minimum absolute atomic E-state index is 0.0811. The number of hydrogen-bond donors (Lipinski definition) is 1. The lowest BCUT2D eigenvalue weighted by Gasteiger charge is -2.22. The molecule has 1 aliphatic carbocycles. The van der Waals surface area contributed by atoms with E-state index in [-0.39, 0.29) is 12.1 Å². The van der Waals surface area contributed by atoms with Crippen molar-refractivity contribution in [1.82, 2.24) is 5.32 Å². The lowest BCUT2D eigenvalue weighted by atomic mass is 10.1. The molecule has 1 aliphatic rings. The van der Waals surface area contributed by atoms with Crippen LogP contribution in [0.2, 0.25) is 5.02 Å². The summed E-state index contributed by atoms with van der Waals surface area (Å²) in [6.07, 6.45) is 0.990. The number of halogens is 1. The van der Waals surface area contributed by atoms with Crippen LogP contribution in [0.3, 0.4) is 0 Å². The van der Waals surface area contributed by atoms with Crippen LogP contribution in [0.15, 0.2) is 42.5 Å². The second kappa shape index (κ2) is 5.47. The van der Waals surface area contributed by atoms with Crippen molar-refractivity contribution in [3.05, 3.63) is 64.2 Å². The lowest BCUT2D eigenvalue weighted by Crippen LogP contribution is -2.30. The number of aryl methyl sites for hydroxylation is 1. The third-order valence-corrected chi connectivity index (χ3v) is 4.16. The Morgan fingerprint density at radius 3 is 2.75 bits per heavy atom. The van der Waals surface area contributed by atoms with Gasteiger partial charge in [-0.05, 0) is 42.8 Å². The Morgan fingerprint density at radius 1 is 1.20 bits per heavy atom. The largest absolute Gasteiger partial charge is 0.487 e. The third kappa shape index (κ3) is 2.41. The highest BCUT2D eigenvalue weighted by Crippen LogP contribution is 2.35. The summed E-state index contributed by atoms with van der Waals surface area (Å²) in [6, 6.07) is 14.6. The van der Waals surface area contributed by atoms with Crippen molar-refractivity contribution in [2.45, 2.75) is 25.5 Å². The van der Waals surface area contributed by atoms with Gasteiger partial charge in [-0.15, -0.1) is 0 Å². The lowest BCUT2D eigenvalue weighted by molar-refractivity contribution is 0.171. The van der Waals surface area contributed by atoms with Crippen molar-refractivity contribution in [3.63, 3.8) is 0 Å². The van der Waals surface area contributed by atoms with Gasteiger partial charge in [0.2, 0.25) is 0 Å². The van der Waals surface area contributed by atoms with Crippen LogP contribution in [0.25, 0.3) is 0 Å². The van der Waals surface area contributed by atoms with Gasteiger partial charge in [-0.1, -0.05) is 41.9 Å². The minimum atomic E-state index is 0.0811. The molecule has 3 heteroatoms. The van der Waals surface area contributed by atoms with Crippen molar-refractivity contribution >= 4 is 11.6 Å². The molecule has 2 aromatic carbocycles. The normalized spacial score (nSPS) is 20.8. The van der Waals surface area contributed by atoms with E-state index in [4.69, 9.17) is 16.3 Å². The smallest absolute Gasteiger partial charge is 0.138 e. The Morgan fingerprint density at radius 2 is 2.00 bits per heavy atom. The highest BCUT2D eigenvalue weighted by atomic mass is 35.5. The Kier molecular flexibility index (Phi) is 3.68. The van der Waals surface area contributed by atoms with E-state index in [1.165, 1.54) is 11.1 Å². The zero-order chi connectivity index (χ0) is 14.1. The first-order chi connectivity index (χ1) is 9.69. The SMILES string of the molecule is CNC1c2ccccc2CC1Oc1ccc(C)cc1Cl. The molecule has 2 atom stereocenters. The van der Waals surface area contributed by atoms with Gasteiger partial charge in [0.15, 0.2) is 0 Å². The first-order valence-electron chi connectivity index (χ1n) is 6.87. The van der Waals surface area contributed by atoms with E-state index in [0.29, 0.717) is 5.02 Å². The summed E-state index contributed by atoms with van der Waals surface area (Å²) in [5.41, 5.74) is 3.81. The molecular formula is C17H18ClNO. The molecule has 0 saturated carbocycles. The van der Waals surface area contributed by atoms with Crippen LogP contribution in [0.4, 0.5) is 0 Å². The number of likely N-dealkylation sites (N-methyl/N-ethyl adjacent to an activating group) is 1. The molecular weight excluding hydrogens is 270 g/mol. The highest BCUT2D eigenvalue weighted by Gasteiger charge is 2.33. The van der Waals surface area contributed by atoms with Crippen LogP contribution in [0.5, 0.6) is 5.75 Å². The predicted octanol–water partition coefficient (Wildman–Crippen LogP) is 3.91. The van der Waals surface area contributed by atoms with Gasteiger partial charge in [-0.3, -0.25) is 0 Å². The van der Waals surface area contributed by atoms with Gasteiger partial charge < -0.3 is 10.1 Å². The quantitative estimate of drug-likeness (QED) is 0.924. The van der Waals surface area contributed by atoms with Gasteiger partial charge in [-0.25, -0.2) is 0 Å². The molecule has 0 spiro atoms. The highest BCUT2D eigenvalue weighted by molar-refractivity contribution is 6.32. The Hall–Kier alpha value is -1.51. The van der Waals surface area contributed by atoms with Crippen molar-refractivity contribution in [3.8, 4) is 5.75 Å². The number of hydrogen-bond acceptors (Lipinski definition) is 2. The summed E-state index contributed by atoms with van der Waals surface area (Å²) in [5.74, 6) is 0.760. The number of nitrogens with one attached hydrogen (secondary N) is 1. The maximum absolute atomic E-state index is 6.26. The van der Waals surface area contributed by atoms with Gasteiger partial charge in [0.25, 0.3) is 0 Å². The van der Waals surface area contributed by atoms with Gasteiger partial charge in [0.05, 0.1) is 11.1 Å². The summed E-state index contributed by atoms with van der Waals surface area (Å²) in [5, 5.41) is 4.03. The first kappa shape index (κ1) is 13.5. The summed E-state index contributed by atoms with van der Waals surface area (Å²) < 4.78 is 6.15. The zero-order valence-electron chi connectivity index (χ0n) is 11.7. The molecule has 0 heterocycles. The zero-order valence-corrected chi connectivity index (χ0v) is 12.4. The summed E-state index contributed by atoms with van der Waals surface area (Å²) >= 11 is 6.26. The maximum atomic E-state index is 6.26. The molecule has 104 valence electrons. The van der Waals surface area contributed by atoms with Crippen LogP contribution in [0, 0.1) is 6.92 Å². The topological polar surface area (TPSA) is 21.3 Å². The molecule has 0 radical (unpaired) electrons. The molecule has 2 nitrogen and oxygen atoms in total. The van der Waals surface area contributed by atoms with Crippen LogP contribution in [-0.4, -0.2) is 13.2 Å². The minimum Gasteiger partial charge on any atom is -0.487 e. The van der Waals surface area contributed by atoms with Crippen LogP contribution < -0.4 is 10.1 Å². The van der Waals surface area contributed by atoms with E-state index in [1.807, 2.05) is 32.2 Å². The van der Waals surface area contributed by atoms with Crippen LogP contribution in [0.1, 0.15) is 22.7 Å². The molecule has 3 rings (SSSR count). The Balaban J connectivity index is 1.85. The van der Waals surface area contributed by atoms with Gasteiger partial charge in [0, 0.05) is 6.42 Å². The van der Waals surface area contributed by atoms with E-state index in [0.717, 1.165) is 17.7 Å². The summed E-state index contributed by atoms with van der Waals surface area (Å²) in [4.78, 5) is 0. The van der Waals surface area contributed by atoms with Crippen LogP contribution >= 0.6 is 11.6 Å². The monoisotopic (exact) mass is 287 g/mol. The molecule has 0 saturated heterocycles. The van der Waals surface area contributed by atoms with E-state index < -0.39 is 0 Å². The number of fused-ring (bicyclic) bond motifs is 1. The Bertz CT molecular complexity index is 626. The third-order valence-electron chi connectivity index (χ3n) is 3.86. The van der Waals surface area contributed by atoms with Gasteiger partial charge in [-0.2, -0.15) is 0 Å². The van der Waals surface area contributed by atoms with Crippen molar-refractivity contribution in [2.24, 2.45) is 0 Å². The fraction of sp³-hybridized carbons (Fsp3) is 0.294. The number of rotatable bonds is 3. The average Bonchev–Trinajstić information content (AvgIpc) is 2.79. The number of ether oxygens (including phenoxy) is 1. The fourth-order valence-electron chi connectivity index (χ4n) is 2.87. The van der Waals surface area contributed by atoms with Gasteiger partial charge >= 0.3 is 0 Å².